The number of rotatable bonds is 3. The zero-order valence-electron chi connectivity index (χ0n) is 17.6. The van der Waals surface area contributed by atoms with Crippen LogP contribution in [-0.4, -0.2) is 84.1 Å². The lowest BCUT2D eigenvalue weighted by Crippen LogP contribution is -2.31. The molecule has 2 rings (SSSR count). The molecule has 0 aromatic heterocycles. The Hall–Kier alpha value is -1.02. The van der Waals surface area contributed by atoms with Crippen molar-refractivity contribution in [3.05, 3.63) is 35.4 Å². The van der Waals surface area contributed by atoms with Gasteiger partial charge in [-0.15, -0.1) is 0 Å². The van der Waals surface area contributed by atoms with Crippen LogP contribution in [0.15, 0.2) is 24.3 Å². The number of ether oxygens (including phenoxy) is 5. The van der Waals surface area contributed by atoms with Gasteiger partial charge in [-0.2, -0.15) is 0 Å². The Morgan fingerprint density at radius 1 is 0.643 bits per heavy atom. The molecule has 1 fully saturated rings. The van der Waals surface area contributed by atoms with E-state index in [-0.39, 0.29) is 0 Å². The van der Waals surface area contributed by atoms with E-state index in [0.717, 1.165) is 19.6 Å². The van der Waals surface area contributed by atoms with Crippen LogP contribution < -0.4 is 0 Å². The largest absolute Gasteiger partial charge is 0.378 e. The fraction of sp³-hybridized carbons (Fsp3) is 0.727. The van der Waals surface area contributed by atoms with Crippen molar-refractivity contribution in [1.29, 1.82) is 0 Å². The molecule has 1 heterocycles. The second kappa shape index (κ2) is 14.9. The van der Waals surface area contributed by atoms with Crippen LogP contribution in [0.2, 0.25) is 0 Å². The average Bonchev–Trinajstić information content (AvgIpc) is 2.69. The first-order chi connectivity index (χ1) is 13.8. The average molecular weight is 396 g/mol. The van der Waals surface area contributed by atoms with Crippen molar-refractivity contribution in [2.45, 2.75) is 26.3 Å². The summed E-state index contributed by atoms with van der Waals surface area (Å²) >= 11 is 0. The highest BCUT2D eigenvalue weighted by Gasteiger charge is 2.08. The van der Waals surface area contributed by atoms with Crippen molar-refractivity contribution in [2.75, 3.05) is 79.2 Å². The van der Waals surface area contributed by atoms with Crippen LogP contribution >= 0.6 is 0 Å². The van der Waals surface area contributed by atoms with E-state index < -0.39 is 0 Å². The molecule has 6 nitrogen and oxygen atoms in total. The van der Waals surface area contributed by atoms with E-state index in [2.05, 4.69) is 43.0 Å². The Morgan fingerprint density at radius 3 is 1.43 bits per heavy atom. The number of hydrogen-bond donors (Lipinski definition) is 0. The normalized spacial score (nSPS) is 20.5. The molecular formula is C22H37NO5. The maximum atomic E-state index is 5.73. The SMILES string of the molecule is CC(C)c1ccc(CN2CCOCCOCCOCCOCCOCC2)cc1. The van der Waals surface area contributed by atoms with Crippen molar-refractivity contribution in [3.8, 4) is 0 Å². The summed E-state index contributed by atoms with van der Waals surface area (Å²) < 4.78 is 27.9. The third kappa shape index (κ3) is 10.5. The lowest BCUT2D eigenvalue weighted by atomic mass is 10.0. The Balaban J connectivity index is 1.79. The monoisotopic (exact) mass is 395 g/mol. The Labute approximate surface area is 170 Å². The molecule has 0 atom stereocenters. The fourth-order valence-corrected chi connectivity index (χ4v) is 2.91. The van der Waals surface area contributed by atoms with Crippen LogP contribution in [0.1, 0.15) is 30.9 Å². The maximum absolute atomic E-state index is 5.73. The van der Waals surface area contributed by atoms with Gasteiger partial charge in [0.05, 0.1) is 66.1 Å². The molecule has 1 aromatic rings. The van der Waals surface area contributed by atoms with Gasteiger partial charge in [-0.3, -0.25) is 4.90 Å². The first-order valence-corrected chi connectivity index (χ1v) is 10.5. The third-order valence-electron chi connectivity index (χ3n) is 4.64. The summed E-state index contributed by atoms with van der Waals surface area (Å²) in [5, 5.41) is 0. The first kappa shape index (κ1) is 23.3. The smallest absolute Gasteiger partial charge is 0.0701 e. The van der Waals surface area contributed by atoms with Crippen LogP contribution in [0.3, 0.4) is 0 Å². The van der Waals surface area contributed by atoms with Gasteiger partial charge in [-0.1, -0.05) is 38.1 Å². The summed E-state index contributed by atoms with van der Waals surface area (Å²) in [5.41, 5.74) is 2.69. The molecule has 28 heavy (non-hydrogen) atoms. The molecule has 1 saturated heterocycles. The van der Waals surface area contributed by atoms with Crippen molar-refractivity contribution >= 4 is 0 Å². The van der Waals surface area contributed by atoms with Gasteiger partial charge in [-0.05, 0) is 17.0 Å². The minimum atomic E-state index is 0.559. The lowest BCUT2D eigenvalue weighted by Gasteiger charge is -2.23. The van der Waals surface area contributed by atoms with Crippen molar-refractivity contribution < 1.29 is 23.7 Å². The molecule has 0 unspecified atom stereocenters. The van der Waals surface area contributed by atoms with E-state index in [1.807, 2.05) is 0 Å². The molecule has 0 aliphatic carbocycles. The van der Waals surface area contributed by atoms with Gasteiger partial charge in [-0.25, -0.2) is 0 Å². The molecule has 0 bridgehead atoms. The Kier molecular flexibility index (Phi) is 12.4. The first-order valence-electron chi connectivity index (χ1n) is 10.5. The predicted molar refractivity (Wildman–Crippen MR) is 110 cm³/mol. The molecule has 0 amide bonds. The van der Waals surface area contributed by atoms with Crippen molar-refractivity contribution in [1.82, 2.24) is 4.90 Å². The summed E-state index contributed by atoms with van der Waals surface area (Å²) in [5.74, 6) is 0.559. The van der Waals surface area contributed by atoms with Crippen molar-refractivity contribution in [2.24, 2.45) is 0 Å². The highest BCUT2D eigenvalue weighted by molar-refractivity contribution is 5.24. The minimum absolute atomic E-state index is 0.559. The summed E-state index contributed by atoms with van der Waals surface area (Å²) in [6, 6.07) is 8.92. The molecule has 0 spiro atoms. The van der Waals surface area contributed by atoms with E-state index >= 15 is 0 Å². The topological polar surface area (TPSA) is 49.4 Å². The summed E-state index contributed by atoms with van der Waals surface area (Å²) in [6.07, 6.45) is 0. The van der Waals surface area contributed by atoms with E-state index in [9.17, 15) is 0 Å². The molecule has 0 N–H and O–H groups in total. The van der Waals surface area contributed by atoms with E-state index in [1.165, 1.54) is 11.1 Å². The fourth-order valence-electron chi connectivity index (χ4n) is 2.91. The quantitative estimate of drug-likeness (QED) is 0.784. The molecule has 160 valence electrons. The maximum Gasteiger partial charge on any atom is 0.0701 e. The number of hydrogen-bond acceptors (Lipinski definition) is 6. The summed E-state index contributed by atoms with van der Waals surface area (Å²) in [6.45, 7) is 13.2. The summed E-state index contributed by atoms with van der Waals surface area (Å²) in [7, 11) is 0. The van der Waals surface area contributed by atoms with Gasteiger partial charge in [0.2, 0.25) is 0 Å². The molecule has 0 radical (unpaired) electrons. The standard InChI is InChI=1S/C22H37NO5/c1-20(2)22-5-3-21(4-6-22)19-23-7-9-24-11-13-26-15-17-28-18-16-27-14-12-25-10-8-23/h3-6,20H,7-19H2,1-2H3. The third-order valence-corrected chi connectivity index (χ3v) is 4.64. The van der Waals surface area contributed by atoms with Crippen LogP contribution in [0.4, 0.5) is 0 Å². The molecule has 1 aromatic carbocycles. The van der Waals surface area contributed by atoms with Gasteiger partial charge >= 0.3 is 0 Å². The summed E-state index contributed by atoms with van der Waals surface area (Å²) in [4.78, 5) is 2.38. The zero-order chi connectivity index (χ0) is 19.9. The van der Waals surface area contributed by atoms with Gasteiger partial charge in [0.25, 0.3) is 0 Å². The van der Waals surface area contributed by atoms with Crippen LogP contribution in [-0.2, 0) is 30.2 Å². The Morgan fingerprint density at radius 2 is 1.04 bits per heavy atom. The van der Waals surface area contributed by atoms with Crippen LogP contribution in [0, 0.1) is 0 Å². The van der Waals surface area contributed by atoms with Crippen LogP contribution in [0.5, 0.6) is 0 Å². The zero-order valence-corrected chi connectivity index (χ0v) is 17.6. The van der Waals surface area contributed by atoms with Crippen LogP contribution in [0.25, 0.3) is 0 Å². The number of nitrogens with zero attached hydrogens (tertiary/aromatic N) is 1. The van der Waals surface area contributed by atoms with Gasteiger partial charge in [0.15, 0.2) is 0 Å². The minimum Gasteiger partial charge on any atom is -0.378 e. The highest BCUT2D eigenvalue weighted by atomic mass is 16.6. The van der Waals surface area contributed by atoms with Gasteiger partial charge < -0.3 is 23.7 Å². The molecule has 1 aliphatic rings. The molecule has 1 aliphatic heterocycles. The lowest BCUT2D eigenvalue weighted by molar-refractivity contribution is -0.0189. The second-order valence-electron chi connectivity index (χ2n) is 7.23. The predicted octanol–water partition coefficient (Wildman–Crippen LogP) is 2.71. The molecule has 0 saturated carbocycles. The number of benzene rings is 1. The second-order valence-corrected chi connectivity index (χ2v) is 7.23. The highest BCUT2D eigenvalue weighted by Crippen LogP contribution is 2.15. The van der Waals surface area contributed by atoms with Crippen molar-refractivity contribution in [3.63, 3.8) is 0 Å². The molecule has 6 heteroatoms. The van der Waals surface area contributed by atoms with E-state index in [4.69, 9.17) is 23.7 Å². The van der Waals surface area contributed by atoms with E-state index in [1.54, 1.807) is 0 Å². The Bertz CT molecular complexity index is 476. The van der Waals surface area contributed by atoms with Gasteiger partial charge in [0.1, 0.15) is 0 Å². The van der Waals surface area contributed by atoms with Gasteiger partial charge in [0, 0.05) is 19.6 Å². The van der Waals surface area contributed by atoms with E-state index in [0.29, 0.717) is 72.0 Å². The molecular weight excluding hydrogens is 358 g/mol.